The minimum absolute atomic E-state index is 0.0796. The van der Waals surface area contributed by atoms with Crippen LogP contribution < -0.4 is 5.32 Å². The number of hydrogen-bond donors (Lipinski definition) is 1. The minimum Gasteiger partial charge on any atom is -0.331 e. The van der Waals surface area contributed by atoms with Crippen LogP contribution in [0.15, 0.2) is 5.16 Å². The number of imide groups is 1. The molecule has 3 heterocycles. The number of nitrogens with zero attached hydrogens (tertiary/aromatic N) is 5. The van der Waals surface area contributed by atoms with E-state index in [-0.39, 0.29) is 30.3 Å². The van der Waals surface area contributed by atoms with Crippen LogP contribution in [0.1, 0.15) is 57.3 Å². The summed E-state index contributed by atoms with van der Waals surface area (Å²) in [5.74, 6) is 0.359. The van der Waals surface area contributed by atoms with Gasteiger partial charge in [0.25, 0.3) is 5.91 Å². The van der Waals surface area contributed by atoms with Crippen molar-refractivity contribution in [3.63, 3.8) is 0 Å². The molecule has 3 fully saturated rings. The molecule has 1 aromatic heterocycles. The molecule has 0 bridgehead atoms. The van der Waals surface area contributed by atoms with Crippen LogP contribution in [-0.4, -0.2) is 67.3 Å². The highest BCUT2D eigenvalue weighted by atomic mass is 32.2. The van der Waals surface area contributed by atoms with Crippen LogP contribution in [0.5, 0.6) is 0 Å². The van der Waals surface area contributed by atoms with Crippen molar-refractivity contribution in [2.75, 3.05) is 19.3 Å². The van der Waals surface area contributed by atoms with E-state index < -0.39 is 11.6 Å². The summed E-state index contributed by atoms with van der Waals surface area (Å²) in [6.45, 7) is 2.38. The van der Waals surface area contributed by atoms with Gasteiger partial charge >= 0.3 is 6.03 Å². The van der Waals surface area contributed by atoms with E-state index in [1.165, 1.54) is 11.8 Å². The van der Waals surface area contributed by atoms with Gasteiger partial charge in [0, 0.05) is 13.6 Å². The Hall–Kier alpha value is -2.10. The summed E-state index contributed by atoms with van der Waals surface area (Å²) >= 11 is 1.50. The Morgan fingerprint density at radius 3 is 2.72 bits per heavy atom. The molecule has 9 nitrogen and oxygen atoms in total. The molecule has 0 radical (unpaired) electrons. The number of thioether (sulfide) groups is 1. The van der Waals surface area contributed by atoms with Crippen LogP contribution in [0.3, 0.4) is 0 Å². The number of nitrogens with one attached hydrogen (secondary N) is 1. The van der Waals surface area contributed by atoms with Gasteiger partial charge in [-0.15, -0.1) is 10.2 Å². The van der Waals surface area contributed by atoms with Gasteiger partial charge in [0.15, 0.2) is 11.0 Å². The Bertz CT molecular complexity index is 842. The van der Waals surface area contributed by atoms with Crippen LogP contribution in [0.4, 0.5) is 4.79 Å². The molecule has 0 aromatic carbocycles. The lowest BCUT2D eigenvalue weighted by Crippen LogP contribution is -2.54. The van der Waals surface area contributed by atoms with E-state index in [0.29, 0.717) is 13.0 Å². The number of aromatic nitrogens is 3. The summed E-state index contributed by atoms with van der Waals surface area (Å²) in [5, 5.41) is 12.2. The highest BCUT2D eigenvalue weighted by molar-refractivity contribution is 7.98. The summed E-state index contributed by atoms with van der Waals surface area (Å²) in [4.78, 5) is 41.7. The van der Waals surface area contributed by atoms with Crippen LogP contribution in [0.2, 0.25) is 0 Å². The molecule has 2 aliphatic heterocycles. The molecule has 1 aromatic rings. The number of rotatable bonds is 4. The third-order valence-corrected chi connectivity index (χ3v) is 7.44. The number of carbonyl (C=O) groups excluding carboxylic acids is 3. The Labute approximate surface area is 174 Å². The van der Waals surface area contributed by atoms with Gasteiger partial charge in [0.1, 0.15) is 12.1 Å². The van der Waals surface area contributed by atoms with Crippen LogP contribution in [-0.2, 0) is 16.6 Å². The quantitative estimate of drug-likeness (QED) is 0.588. The summed E-state index contributed by atoms with van der Waals surface area (Å²) in [7, 11) is 1.90. The fraction of sp³-hybridized carbons (Fsp3) is 0.737. The summed E-state index contributed by atoms with van der Waals surface area (Å²) in [5.41, 5.74) is -0.836. The van der Waals surface area contributed by atoms with Crippen LogP contribution in [0, 0.1) is 5.92 Å². The molecular weight excluding hydrogens is 392 g/mol. The maximum absolute atomic E-state index is 13.1. The molecule has 2 saturated heterocycles. The third-order valence-electron chi connectivity index (χ3n) is 6.72. The molecule has 3 atom stereocenters. The lowest BCUT2D eigenvalue weighted by Gasteiger charge is -2.36. The highest BCUT2D eigenvalue weighted by Gasteiger charge is 2.55. The van der Waals surface area contributed by atoms with Crippen molar-refractivity contribution in [2.24, 2.45) is 13.0 Å². The average molecular weight is 421 g/mol. The van der Waals surface area contributed by atoms with Gasteiger partial charge < -0.3 is 14.8 Å². The van der Waals surface area contributed by atoms with Crippen molar-refractivity contribution in [3.05, 3.63) is 5.82 Å². The maximum atomic E-state index is 13.1. The van der Waals surface area contributed by atoms with E-state index in [4.69, 9.17) is 0 Å². The first-order valence-corrected chi connectivity index (χ1v) is 11.5. The van der Waals surface area contributed by atoms with Crippen molar-refractivity contribution in [3.8, 4) is 0 Å². The monoisotopic (exact) mass is 420 g/mol. The zero-order chi connectivity index (χ0) is 20.8. The third kappa shape index (κ3) is 3.21. The smallest absolute Gasteiger partial charge is 0.325 e. The van der Waals surface area contributed by atoms with E-state index in [9.17, 15) is 14.4 Å². The Morgan fingerprint density at radius 1 is 1.24 bits per heavy atom. The molecule has 3 aliphatic rings. The summed E-state index contributed by atoms with van der Waals surface area (Å²) < 4.78 is 1.91. The standard InChI is InChI=1S/C19H28N6O3S/c1-12-7-4-5-9-19(12)16(27)25(17(28)20-19)11-14(26)24-10-6-8-13(24)15-21-22-18(29-3)23(15)2/h12-13H,4-11H2,1-3H3,(H,20,28)/t12-,13+,19+/m1/s1. The number of amides is 4. The Balaban J connectivity index is 1.50. The zero-order valence-corrected chi connectivity index (χ0v) is 18.0. The van der Waals surface area contributed by atoms with E-state index in [1.54, 1.807) is 4.90 Å². The normalized spacial score (nSPS) is 29.8. The molecule has 0 unspecified atom stereocenters. The van der Waals surface area contributed by atoms with Gasteiger partial charge in [-0.25, -0.2) is 4.79 Å². The summed E-state index contributed by atoms with van der Waals surface area (Å²) in [6.07, 6.45) is 7.13. The van der Waals surface area contributed by atoms with E-state index >= 15 is 0 Å². The minimum atomic E-state index is -0.836. The molecule has 4 rings (SSSR count). The Kier molecular flexibility index (Phi) is 5.30. The maximum Gasteiger partial charge on any atom is 0.325 e. The van der Waals surface area contributed by atoms with Crippen LogP contribution in [0.25, 0.3) is 0 Å². The number of urea groups is 1. The molecule has 10 heteroatoms. The molecule has 1 aliphatic carbocycles. The lowest BCUT2D eigenvalue weighted by molar-refractivity contribution is -0.141. The zero-order valence-electron chi connectivity index (χ0n) is 17.2. The molecular formula is C19H28N6O3S. The Morgan fingerprint density at radius 2 is 2.03 bits per heavy atom. The second kappa shape index (κ2) is 7.62. The predicted molar refractivity (Wildman–Crippen MR) is 107 cm³/mol. The lowest BCUT2D eigenvalue weighted by atomic mass is 9.73. The van der Waals surface area contributed by atoms with E-state index in [0.717, 1.165) is 48.0 Å². The fourth-order valence-electron chi connectivity index (χ4n) is 4.99. The van der Waals surface area contributed by atoms with Gasteiger partial charge in [0.2, 0.25) is 5.91 Å². The van der Waals surface area contributed by atoms with E-state index in [1.807, 2.05) is 24.8 Å². The number of hydrogen-bond acceptors (Lipinski definition) is 6. The van der Waals surface area contributed by atoms with E-state index in [2.05, 4.69) is 15.5 Å². The van der Waals surface area contributed by atoms with Crippen molar-refractivity contribution < 1.29 is 14.4 Å². The first-order chi connectivity index (χ1) is 13.9. The molecule has 1 saturated carbocycles. The highest BCUT2D eigenvalue weighted by Crippen LogP contribution is 2.38. The molecule has 4 amide bonds. The van der Waals surface area contributed by atoms with Crippen molar-refractivity contribution >= 4 is 29.6 Å². The topological polar surface area (TPSA) is 100 Å². The number of carbonyl (C=O) groups is 3. The fourth-order valence-corrected chi connectivity index (χ4v) is 5.48. The van der Waals surface area contributed by atoms with Crippen LogP contribution >= 0.6 is 11.8 Å². The largest absolute Gasteiger partial charge is 0.331 e. The summed E-state index contributed by atoms with van der Waals surface area (Å²) in [6, 6.07) is -0.625. The molecule has 1 N–H and O–H groups in total. The van der Waals surface area contributed by atoms with Gasteiger partial charge in [-0.05, 0) is 37.9 Å². The van der Waals surface area contributed by atoms with Gasteiger partial charge in [0.05, 0.1) is 6.04 Å². The second-order valence-corrected chi connectivity index (χ2v) is 9.06. The van der Waals surface area contributed by atoms with Gasteiger partial charge in [-0.3, -0.25) is 14.5 Å². The van der Waals surface area contributed by atoms with Gasteiger partial charge in [-0.1, -0.05) is 31.5 Å². The molecule has 158 valence electrons. The van der Waals surface area contributed by atoms with Crippen molar-refractivity contribution in [1.29, 1.82) is 0 Å². The second-order valence-electron chi connectivity index (χ2n) is 8.29. The number of likely N-dealkylation sites (tertiary alicyclic amines) is 1. The van der Waals surface area contributed by atoms with Crippen molar-refractivity contribution in [1.82, 2.24) is 29.9 Å². The predicted octanol–water partition coefficient (Wildman–Crippen LogP) is 1.70. The SMILES string of the molecule is CSc1nnc([C@@H]2CCCN2C(=O)CN2C(=O)N[C@]3(CCCC[C@H]3C)C2=O)n1C. The van der Waals surface area contributed by atoms with Gasteiger partial charge in [-0.2, -0.15) is 0 Å². The average Bonchev–Trinajstić information content (AvgIpc) is 3.38. The van der Waals surface area contributed by atoms with Crippen molar-refractivity contribution in [2.45, 2.75) is 62.2 Å². The molecule has 29 heavy (non-hydrogen) atoms. The molecule has 1 spiro atoms. The first-order valence-electron chi connectivity index (χ1n) is 10.3. The first kappa shape index (κ1) is 20.2.